The zero-order valence-electron chi connectivity index (χ0n) is 9.81. The van der Waals surface area contributed by atoms with E-state index in [9.17, 15) is 4.79 Å². The van der Waals surface area contributed by atoms with E-state index < -0.39 is 0 Å². The van der Waals surface area contributed by atoms with Crippen LogP contribution >= 0.6 is 27.3 Å². The largest absolute Gasteiger partial charge is 0.347 e. The number of nitrogens with one attached hydrogen (secondary N) is 2. The lowest BCUT2D eigenvalue weighted by molar-refractivity contribution is 0.0951. The van der Waals surface area contributed by atoms with Gasteiger partial charge in [0.05, 0.1) is 18.3 Å². The number of H-pyrrole nitrogens is 1. The van der Waals surface area contributed by atoms with Gasteiger partial charge in [-0.1, -0.05) is 6.07 Å². The Hall–Kier alpha value is -1.66. The van der Waals surface area contributed by atoms with E-state index >= 15 is 0 Å². The number of nitrogens with zero attached hydrogens (tertiary/aromatic N) is 1. The third-order valence-corrected chi connectivity index (χ3v) is 4.73. The summed E-state index contributed by atoms with van der Waals surface area (Å²) in [4.78, 5) is 13.2. The van der Waals surface area contributed by atoms with Crippen LogP contribution in [-0.4, -0.2) is 16.1 Å². The van der Waals surface area contributed by atoms with Crippen LogP contribution in [0.3, 0.4) is 0 Å². The molecular weight excluding hydrogens is 326 g/mol. The van der Waals surface area contributed by atoms with Crippen molar-refractivity contribution >= 4 is 44.1 Å². The summed E-state index contributed by atoms with van der Waals surface area (Å²) in [5.74, 6) is -0.0863. The Bertz CT molecular complexity index is 734. The highest BCUT2D eigenvalue weighted by molar-refractivity contribution is 9.10. The van der Waals surface area contributed by atoms with Gasteiger partial charge in [-0.25, -0.2) is 0 Å². The Morgan fingerprint density at radius 1 is 1.42 bits per heavy atom. The first-order valence-electron chi connectivity index (χ1n) is 5.67. The molecule has 2 aromatic heterocycles. The fourth-order valence-corrected chi connectivity index (χ4v) is 3.22. The van der Waals surface area contributed by atoms with E-state index in [0.29, 0.717) is 12.1 Å². The fourth-order valence-electron chi connectivity index (χ4n) is 1.79. The first-order valence-corrected chi connectivity index (χ1v) is 7.34. The molecule has 0 aliphatic rings. The summed E-state index contributed by atoms with van der Waals surface area (Å²) in [7, 11) is 0. The molecule has 1 amide bonds. The lowest BCUT2D eigenvalue weighted by Gasteiger charge is -2.04. The lowest BCUT2D eigenvalue weighted by atomic mass is 10.1. The van der Waals surface area contributed by atoms with Crippen LogP contribution in [0.15, 0.2) is 40.3 Å². The Balaban J connectivity index is 1.74. The van der Waals surface area contributed by atoms with Crippen molar-refractivity contribution in [1.82, 2.24) is 15.5 Å². The summed E-state index contributed by atoms with van der Waals surface area (Å²) in [6.07, 6.45) is 1.74. The molecule has 3 aromatic rings. The molecule has 0 unspecified atom stereocenters. The van der Waals surface area contributed by atoms with Crippen LogP contribution in [0.2, 0.25) is 0 Å². The molecular formula is C13H10BrN3OS. The summed E-state index contributed by atoms with van der Waals surface area (Å²) in [6.45, 7) is 0.526. The number of thiophene rings is 1. The van der Waals surface area contributed by atoms with Gasteiger partial charge in [0, 0.05) is 20.3 Å². The van der Waals surface area contributed by atoms with Gasteiger partial charge in [0.1, 0.15) is 0 Å². The number of halogens is 1. The second-order valence-corrected chi connectivity index (χ2v) is 5.90. The molecule has 2 heterocycles. The van der Waals surface area contributed by atoms with Gasteiger partial charge >= 0.3 is 0 Å². The maximum atomic E-state index is 12.1. The number of rotatable bonds is 3. The second-order valence-electron chi connectivity index (χ2n) is 4.05. The summed E-state index contributed by atoms with van der Waals surface area (Å²) >= 11 is 5.06. The molecule has 96 valence electrons. The molecule has 0 spiro atoms. The van der Waals surface area contributed by atoms with E-state index in [0.717, 1.165) is 20.3 Å². The molecule has 0 saturated carbocycles. The van der Waals surface area contributed by atoms with Crippen molar-refractivity contribution in [1.29, 1.82) is 0 Å². The van der Waals surface area contributed by atoms with E-state index in [2.05, 4.69) is 31.4 Å². The van der Waals surface area contributed by atoms with Crippen molar-refractivity contribution in [2.24, 2.45) is 0 Å². The molecule has 0 radical (unpaired) electrons. The number of carbonyl (C=O) groups excluding carboxylic acids is 1. The molecule has 0 saturated heterocycles. The van der Waals surface area contributed by atoms with Crippen molar-refractivity contribution in [3.8, 4) is 0 Å². The van der Waals surface area contributed by atoms with Gasteiger partial charge in [0.15, 0.2) is 0 Å². The number of carbonyl (C=O) groups is 1. The topological polar surface area (TPSA) is 57.8 Å². The van der Waals surface area contributed by atoms with Crippen LogP contribution < -0.4 is 5.32 Å². The Morgan fingerprint density at radius 3 is 3.11 bits per heavy atom. The monoisotopic (exact) mass is 335 g/mol. The van der Waals surface area contributed by atoms with Crippen LogP contribution in [0.1, 0.15) is 15.2 Å². The van der Waals surface area contributed by atoms with Crippen LogP contribution in [0, 0.1) is 0 Å². The van der Waals surface area contributed by atoms with Crippen molar-refractivity contribution in [2.75, 3.05) is 0 Å². The van der Waals surface area contributed by atoms with Crippen molar-refractivity contribution in [3.63, 3.8) is 0 Å². The molecule has 0 aliphatic carbocycles. The number of amides is 1. The number of aromatic nitrogens is 2. The standard InChI is InChI=1S/C13H10BrN3OS/c14-10-3-4-19-12(10)7-15-13(18)8-1-2-9-6-16-17-11(9)5-8/h1-6H,7H2,(H,15,18)(H,16,17). The predicted octanol–water partition coefficient (Wildman–Crippen LogP) is 3.32. The number of hydrogen-bond donors (Lipinski definition) is 2. The summed E-state index contributed by atoms with van der Waals surface area (Å²) in [5.41, 5.74) is 1.49. The molecule has 4 nitrogen and oxygen atoms in total. The van der Waals surface area contributed by atoms with E-state index in [1.165, 1.54) is 0 Å². The highest BCUT2D eigenvalue weighted by Crippen LogP contribution is 2.22. The maximum Gasteiger partial charge on any atom is 0.251 e. The molecule has 19 heavy (non-hydrogen) atoms. The summed E-state index contributed by atoms with van der Waals surface area (Å²) in [6, 6.07) is 7.47. The minimum Gasteiger partial charge on any atom is -0.347 e. The molecule has 0 aliphatic heterocycles. The third-order valence-electron chi connectivity index (χ3n) is 2.80. The average molecular weight is 336 g/mol. The number of aromatic amines is 1. The smallest absolute Gasteiger partial charge is 0.251 e. The molecule has 6 heteroatoms. The quantitative estimate of drug-likeness (QED) is 0.771. The SMILES string of the molecule is O=C(NCc1sccc1Br)c1ccc2cn[nH]c2c1. The lowest BCUT2D eigenvalue weighted by Crippen LogP contribution is -2.22. The fraction of sp³-hybridized carbons (Fsp3) is 0.0769. The number of benzene rings is 1. The average Bonchev–Trinajstić information content (AvgIpc) is 3.03. The molecule has 0 fully saturated rings. The van der Waals surface area contributed by atoms with Gasteiger partial charge in [-0.3, -0.25) is 9.89 Å². The summed E-state index contributed by atoms with van der Waals surface area (Å²) < 4.78 is 1.03. The van der Waals surface area contributed by atoms with E-state index in [1.807, 2.05) is 17.5 Å². The van der Waals surface area contributed by atoms with Gasteiger partial charge in [-0.15, -0.1) is 11.3 Å². The second kappa shape index (κ2) is 5.14. The molecule has 1 aromatic carbocycles. The van der Waals surface area contributed by atoms with E-state index in [4.69, 9.17) is 0 Å². The third kappa shape index (κ3) is 2.54. The van der Waals surface area contributed by atoms with Crippen LogP contribution in [0.25, 0.3) is 10.9 Å². The predicted molar refractivity (Wildman–Crippen MR) is 79.3 cm³/mol. The van der Waals surface area contributed by atoms with E-state index in [-0.39, 0.29) is 5.91 Å². The van der Waals surface area contributed by atoms with Gasteiger partial charge < -0.3 is 5.32 Å². The maximum absolute atomic E-state index is 12.1. The first-order chi connectivity index (χ1) is 9.24. The van der Waals surface area contributed by atoms with Crippen LogP contribution in [-0.2, 0) is 6.54 Å². The van der Waals surface area contributed by atoms with Gasteiger partial charge in [0.25, 0.3) is 5.91 Å². The highest BCUT2D eigenvalue weighted by Gasteiger charge is 2.08. The number of hydrogen-bond acceptors (Lipinski definition) is 3. The minimum atomic E-state index is -0.0863. The minimum absolute atomic E-state index is 0.0863. The zero-order valence-corrected chi connectivity index (χ0v) is 12.2. The Labute approximate surface area is 122 Å². The first kappa shape index (κ1) is 12.4. The van der Waals surface area contributed by atoms with Crippen molar-refractivity contribution in [3.05, 3.63) is 50.8 Å². The van der Waals surface area contributed by atoms with Crippen molar-refractivity contribution < 1.29 is 4.79 Å². The van der Waals surface area contributed by atoms with E-state index in [1.54, 1.807) is 29.7 Å². The Morgan fingerprint density at radius 2 is 2.32 bits per heavy atom. The van der Waals surface area contributed by atoms with Crippen molar-refractivity contribution in [2.45, 2.75) is 6.54 Å². The van der Waals surface area contributed by atoms with Crippen LogP contribution in [0.4, 0.5) is 0 Å². The van der Waals surface area contributed by atoms with Gasteiger partial charge in [-0.05, 0) is 39.5 Å². The highest BCUT2D eigenvalue weighted by atomic mass is 79.9. The number of fused-ring (bicyclic) bond motifs is 1. The molecule has 3 rings (SSSR count). The Kier molecular flexibility index (Phi) is 3.35. The molecule has 2 N–H and O–H groups in total. The van der Waals surface area contributed by atoms with Crippen LogP contribution in [0.5, 0.6) is 0 Å². The van der Waals surface area contributed by atoms with Gasteiger partial charge in [0.2, 0.25) is 0 Å². The summed E-state index contributed by atoms with van der Waals surface area (Å²) in [5, 5.41) is 12.7. The zero-order chi connectivity index (χ0) is 13.2. The van der Waals surface area contributed by atoms with Gasteiger partial charge in [-0.2, -0.15) is 5.10 Å². The normalized spacial score (nSPS) is 10.8. The molecule has 0 bridgehead atoms. The molecule has 0 atom stereocenters.